The Hall–Kier alpha value is -2.68. The highest BCUT2D eigenvalue weighted by atomic mass is 32.1. The van der Waals surface area contributed by atoms with Crippen molar-refractivity contribution < 1.29 is 4.79 Å². The molecule has 0 spiro atoms. The molecule has 0 aliphatic rings. The van der Waals surface area contributed by atoms with Crippen molar-refractivity contribution in [3.8, 4) is 0 Å². The predicted octanol–water partition coefficient (Wildman–Crippen LogP) is 1.10. The topological polar surface area (TPSA) is 104 Å². The van der Waals surface area contributed by atoms with Gasteiger partial charge in [0.05, 0.1) is 24.5 Å². The first kappa shape index (κ1) is 15.2. The second-order valence-corrected chi connectivity index (χ2v) is 5.98. The molecule has 0 unspecified atom stereocenters. The van der Waals surface area contributed by atoms with Crippen LogP contribution in [0, 0.1) is 13.8 Å². The van der Waals surface area contributed by atoms with E-state index in [0.717, 1.165) is 21.9 Å². The zero-order valence-electron chi connectivity index (χ0n) is 12.7. The van der Waals surface area contributed by atoms with Gasteiger partial charge in [-0.05, 0) is 19.4 Å². The second-order valence-electron chi connectivity index (χ2n) is 5.10. The molecule has 2 amide bonds. The number of thiazole rings is 1. The minimum absolute atomic E-state index is 0.147. The molecule has 0 aliphatic heterocycles. The van der Waals surface area contributed by atoms with E-state index in [1.54, 1.807) is 6.92 Å². The molecule has 23 heavy (non-hydrogen) atoms. The van der Waals surface area contributed by atoms with E-state index in [-0.39, 0.29) is 18.1 Å². The number of hydrogen-bond donors (Lipinski definition) is 3. The molecule has 3 heterocycles. The lowest BCUT2D eigenvalue weighted by Crippen LogP contribution is -2.36. The van der Waals surface area contributed by atoms with Gasteiger partial charge in [-0.1, -0.05) is 0 Å². The maximum absolute atomic E-state index is 11.9. The summed E-state index contributed by atoms with van der Waals surface area (Å²) in [5, 5.41) is 13.6. The van der Waals surface area contributed by atoms with Crippen molar-refractivity contribution in [1.29, 1.82) is 0 Å². The first-order valence-corrected chi connectivity index (χ1v) is 7.90. The number of amides is 2. The van der Waals surface area contributed by atoms with Crippen molar-refractivity contribution in [3.05, 3.63) is 50.6 Å². The Kier molecular flexibility index (Phi) is 4.11. The van der Waals surface area contributed by atoms with Crippen molar-refractivity contribution in [1.82, 2.24) is 30.2 Å². The number of hydrogen-bond acceptors (Lipinski definition) is 5. The molecule has 9 heteroatoms. The highest BCUT2D eigenvalue weighted by Gasteiger charge is 2.10. The van der Waals surface area contributed by atoms with Crippen LogP contribution in [0.4, 0.5) is 4.79 Å². The second kappa shape index (κ2) is 6.21. The summed E-state index contributed by atoms with van der Waals surface area (Å²) in [7, 11) is 0. The third-order valence-corrected chi connectivity index (χ3v) is 4.36. The molecule has 0 saturated carbocycles. The van der Waals surface area contributed by atoms with Crippen LogP contribution >= 0.6 is 11.3 Å². The van der Waals surface area contributed by atoms with Crippen LogP contribution in [0.25, 0.3) is 4.96 Å². The number of aromatic nitrogens is 4. The summed E-state index contributed by atoms with van der Waals surface area (Å²) in [6.07, 6.45) is 3.78. The van der Waals surface area contributed by atoms with Crippen molar-refractivity contribution in [2.45, 2.75) is 26.9 Å². The van der Waals surface area contributed by atoms with Gasteiger partial charge in [-0.25, -0.2) is 14.9 Å². The van der Waals surface area contributed by atoms with E-state index < -0.39 is 0 Å². The monoisotopic (exact) mass is 332 g/mol. The summed E-state index contributed by atoms with van der Waals surface area (Å²) < 4.78 is 1.90. The number of rotatable bonds is 4. The highest BCUT2D eigenvalue weighted by Crippen LogP contribution is 2.11. The van der Waals surface area contributed by atoms with Gasteiger partial charge < -0.3 is 10.6 Å². The number of nitrogens with one attached hydrogen (secondary N) is 3. The van der Waals surface area contributed by atoms with Crippen LogP contribution in [0.5, 0.6) is 0 Å². The summed E-state index contributed by atoms with van der Waals surface area (Å²) in [5.74, 6) is 0. The molecule has 0 bridgehead atoms. The largest absolute Gasteiger partial charge is 0.334 e. The number of nitrogens with zero attached hydrogens (tertiary/aromatic N) is 3. The Balaban J connectivity index is 1.57. The van der Waals surface area contributed by atoms with Gasteiger partial charge in [0.15, 0.2) is 4.96 Å². The van der Waals surface area contributed by atoms with Gasteiger partial charge in [0.1, 0.15) is 0 Å². The van der Waals surface area contributed by atoms with E-state index in [0.29, 0.717) is 12.1 Å². The molecule has 3 rings (SSSR count). The molecule has 0 saturated heterocycles. The molecule has 120 valence electrons. The molecule has 8 nitrogen and oxygen atoms in total. The number of H-pyrrole nitrogens is 1. The third-order valence-electron chi connectivity index (χ3n) is 3.59. The molecular formula is C14H16N6O2S. The van der Waals surface area contributed by atoms with Crippen LogP contribution in [-0.2, 0) is 13.1 Å². The number of urea groups is 1. The van der Waals surface area contributed by atoms with Crippen LogP contribution in [-0.4, -0.2) is 25.6 Å². The van der Waals surface area contributed by atoms with E-state index in [1.807, 2.05) is 29.1 Å². The van der Waals surface area contributed by atoms with Gasteiger partial charge in [-0.2, -0.15) is 5.10 Å². The Morgan fingerprint density at radius 3 is 2.91 bits per heavy atom. The number of aromatic amines is 1. The predicted molar refractivity (Wildman–Crippen MR) is 86.5 cm³/mol. The fourth-order valence-corrected chi connectivity index (χ4v) is 2.87. The average Bonchev–Trinajstić information content (AvgIpc) is 3.10. The number of carbonyl (C=O) groups excluding carboxylic acids is 1. The molecule has 0 fully saturated rings. The minimum atomic E-state index is -0.352. The number of imidazole rings is 1. The summed E-state index contributed by atoms with van der Waals surface area (Å²) in [6.45, 7) is 4.09. The number of aryl methyl sites for hydroxylation is 1. The van der Waals surface area contributed by atoms with E-state index in [4.69, 9.17) is 0 Å². The van der Waals surface area contributed by atoms with E-state index in [9.17, 15) is 9.59 Å². The summed E-state index contributed by atoms with van der Waals surface area (Å²) in [4.78, 5) is 28.9. The third kappa shape index (κ3) is 3.24. The van der Waals surface area contributed by atoms with Crippen molar-refractivity contribution >= 4 is 22.3 Å². The average molecular weight is 332 g/mol. The molecular weight excluding hydrogens is 316 g/mol. The Morgan fingerprint density at radius 2 is 2.13 bits per heavy atom. The van der Waals surface area contributed by atoms with Crippen LogP contribution in [0.3, 0.4) is 0 Å². The molecule has 0 atom stereocenters. The fraction of sp³-hybridized carbons (Fsp3) is 0.286. The van der Waals surface area contributed by atoms with Crippen molar-refractivity contribution in [2.75, 3.05) is 0 Å². The van der Waals surface area contributed by atoms with Crippen LogP contribution in [0.2, 0.25) is 0 Å². The van der Waals surface area contributed by atoms with Crippen LogP contribution < -0.4 is 16.2 Å². The maximum Gasteiger partial charge on any atom is 0.315 e. The standard InChI is InChI=1S/C14H16N6O2S/c1-8-9(2)18-19-12(21)11(8)6-16-13(22)15-5-10-7-20-3-4-23-14(20)17-10/h3-4,7H,5-6H2,1-2H3,(H,19,21)(H2,15,16,22). The maximum atomic E-state index is 11.9. The van der Waals surface area contributed by atoms with E-state index in [2.05, 4.69) is 25.8 Å². The van der Waals surface area contributed by atoms with E-state index >= 15 is 0 Å². The normalized spacial score (nSPS) is 10.9. The zero-order valence-corrected chi connectivity index (χ0v) is 13.5. The van der Waals surface area contributed by atoms with E-state index in [1.165, 1.54) is 11.3 Å². The molecule has 3 aromatic heterocycles. The van der Waals surface area contributed by atoms with Crippen molar-refractivity contribution in [2.24, 2.45) is 0 Å². The lowest BCUT2D eigenvalue weighted by molar-refractivity contribution is 0.240. The van der Waals surface area contributed by atoms with Gasteiger partial charge in [-0.3, -0.25) is 9.20 Å². The van der Waals surface area contributed by atoms with Crippen LogP contribution in [0.1, 0.15) is 22.5 Å². The Morgan fingerprint density at radius 1 is 1.35 bits per heavy atom. The van der Waals surface area contributed by atoms with Gasteiger partial charge in [0.2, 0.25) is 0 Å². The Bertz CT molecular complexity index is 881. The van der Waals surface area contributed by atoms with Crippen molar-refractivity contribution in [3.63, 3.8) is 0 Å². The molecule has 3 aromatic rings. The highest BCUT2D eigenvalue weighted by molar-refractivity contribution is 7.15. The lowest BCUT2D eigenvalue weighted by Gasteiger charge is -2.09. The SMILES string of the molecule is Cc1n[nH]c(=O)c(CNC(=O)NCc2cn3ccsc3n2)c1C. The van der Waals surface area contributed by atoms with Gasteiger partial charge >= 0.3 is 6.03 Å². The summed E-state index contributed by atoms with van der Waals surface area (Å²) in [6, 6.07) is -0.352. The van der Waals surface area contributed by atoms with Crippen LogP contribution in [0.15, 0.2) is 22.6 Å². The van der Waals surface area contributed by atoms with Gasteiger partial charge in [0, 0.05) is 23.3 Å². The minimum Gasteiger partial charge on any atom is -0.334 e. The molecule has 0 radical (unpaired) electrons. The fourth-order valence-electron chi connectivity index (χ4n) is 2.15. The first-order valence-electron chi connectivity index (χ1n) is 7.02. The molecule has 0 aliphatic carbocycles. The summed E-state index contributed by atoms with van der Waals surface area (Å²) >= 11 is 1.53. The number of carbonyl (C=O) groups is 1. The zero-order chi connectivity index (χ0) is 16.4. The Labute approximate surface area is 135 Å². The lowest BCUT2D eigenvalue weighted by atomic mass is 10.1. The van der Waals surface area contributed by atoms with Gasteiger partial charge in [0.25, 0.3) is 5.56 Å². The smallest absolute Gasteiger partial charge is 0.315 e. The van der Waals surface area contributed by atoms with Gasteiger partial charge in [-0.15, -0.1) is 11.3 Å². The molecule has 0 aromatic carbocycles. The quantitative estimate of drug-likeness (QED) is 0.665. The summed E-state index contributed by atoms with van der Waals surface area (Å²) in [5.41, 5.74) is 2.52. The number of fused-ring (bicyclic) bond motifs is 1. The first-order chi connectivity index (χ1) is 11.0. The molecule has 3 N–H and O–H groups in total.